The van der Waals surface area contributed by atoms with Crippen LogP contribution in [0.15, 0.2) is 65.6 Å². The average Bonchev–Trinajstić information content (AvgIpc) is 3.10. The Morgan fingerprint density at radius 2 is 1.74 bits per heavy atom. The van der Waals surface area contributed by atoms with E-state index in [1.807, 2.05) is 57.2 Å². The summed E-state index contributed by atoms with van der Waals surface area (Å²) < 4.78 is 6.11. The lowest BCUT2D eigenvalue weighted by Gasteiger charge is -2.15. The van der Waals surface area contributed by atoms with Gasteiger partial charge in [-0.05, 0) is 85.5 Å². The largest absolute Gasteiger partial charge is 0.484 e. The number of halogens is 1. The molecule has 35 heavy (non-hydrogen) atoms. The van der Waals surface area contributed by atoms with Gasteiger partial charge >= 0.3 is 0 Å². The molecular weight excluding hydrogens is 500 g/mol. The van der Waals surface area contributed by atoms with E-state index in [0.717, 1.165) is 27.9 Å². The van der Waals surface area contributed by atoms with Crippen molar-refractivity contribution in [2.75, 3.05) is 16.8 Å². The number of rotatable bonds is 6. The second-order valence-electron chi connectivity index (χ2n) is 8.15. The number of benzene rings is 3. The Morgan fingerprint density at radius 1 is 1.03 bits per heavy atom. The van der Waals surface area contributed by atoms with Crippen LogP contribution < -0.4 is 15.0 Å². The van der Waals surface area contributed by atoms with E-state index in [2.05, 4.69) is 5.32 Å². The molecule has 1 saturated heterocycles. The fourth-order valence-electron chi connectivity index (χ4n) is 3.43. The van der Waals surface area contributed by atoms with Gasteiger partial charge in [0, 0.05) is 10.7 Å². The van der Waals surface area contributed by atoms with Gasteiger partial charge in [0.2, 0.25) is 0 Å². The monoisotopic (exact) mass is 522 g/mol. The van der Waals surface area contributed by atoms with Crippen molar-refractivity contribution in [3.63, 3.8) is 0 Å². The van der Waals surface area contributed by atoms with Gasteiger partial charge in [-0.2, -0.15) is 0 Å². The number of anilines is 2. The number of aryl methyl sites for hydroxylation is 3. The molecule has 0 spiro atoms. The van der Waals surface area contributed by atoms with Crippen molar-refractivity contribution in [2.45, 2.75) is 20.8 Å². The quantitative estimate of drug-likeness (QED) is 0.289. The summed E-state index contributed by atoms with van der Waals surface area (Å²) in [5, 5.41) is 3.35. The van der Waals surface area contributed by atoms with Gasteiger partial charge in [0.15, 0.2) is 10.9 Å². The lowest BCUT2D eigenvalue weighted by molar-refractivity contribution is -0.118. The fraction of sp³-hybridized carbons (Fsp3) is 0.148. The predicted octanol–water partition coefficient (Wildman–Crippen LogP) is 6.69. The van der Waals surface area contributed by atoms with Crippen LogP contribution in [0, 0.1) is 20.8 Å². The first-order chi connectivity index (χ1) is 16.7. The molecule has 0 aromatic heterocycles. The normalized spacial score (nSPS) is 14.5. The van der Waals surface area contributed by atoms with Crippen LogP contribution in [0.25, 0.3) is 6.08 Å². The lowest BCUT2D eigenvalue weighted by Crippen LogP contribution is -2.27. The van der Waals surface area contributed by atoms with E-state index < -0.39 is 0 Å². The van der Waals surface area contributed by atoms with Crippen LogP contribution in [0.3, 0.4) is 0 Å². The molecule has 5 nitrogen and oxygen atoms in total. The van der Waals surface area contributed by atoms with Crippen LogP contribution in [0.4, 0.5) is 11.4 Å². The molecule has 1 fully saturated rings. The van der Waals surface area contributed by atoms with E-state index >= 15 is 0 Å². The third-order valence-corrected chi connectivity index (χ3v) is 7.10. The standard InChI is InChI=1S/C27H23ClN2O3S2/c1-16-5-9-21(12-18(16)3)30-26(32)24(35-27(30)34)13-19-6-10-22(11-7-19)33-15-25(31)29-23-14-20(28)8-4-17(23)2/h4-14H,15H2,1-3H3,(H,29,31)/b24-13-. The van der Waals surface area contributed by atoms with E-state index in [9.17, 15) is 9.59 Å². The Hall–Kier alpha value is -3.13. The number of hydrogen-bond acceptors (Lipinski definition) is 5. The van der Waals surface area contributed by atoms with Crippen molar-refractivity contribution in [3.05, 3.63) is 92.8 Å². The average molecular weight is 523 g/mol. The number of ether oxygens (including phenoxy) is 1. The van der Waals surface area contributed by atoms with Crippen LogP contribution in [0.1, 0.15) is 22.3 Å². The topological polar surface area (TPSA) is 58.6 Å². The summed E-state index contributed by atoms with van der Waals surface area (Å²) >= 11 is 12.7. The molecule has 8 heteroatoms. The first-order valence-corrected chi connectivity index (χ1v) is 12.5. The maximum absolute atomic E-state index is 13.0. The molecule has 178 valence electrons. The number of nitrogens with zero attached hydrogens (tertiary/aromatic N) is 1. The molecule has 0 saturated carbocycles. The number of thioether (sulfide) groups is 1. The third kappa shape index (κ3) is 5.93. The van der Waals surface area contributed by atoms with Crippen LogP contribution in [0.2, 0.25) is 5.02 Å². The summed E-state index contributed by atoms with van der Waals surface area (Å²) in [5.41, 5.74) is 5.43. The molecule has 1 aliphatic rings. The lowest BCUT2D eigenvalue weighted by atomic mass is 10.1. The summed E-state index contributed by atoms with van der Waals surface area (Å²) in [7, 11) is 0. The molecule has 2 amide bonds. The van der Waals surface area contributed by atoms with Crippen molar-refractivity contribution in [3.8, 4) is 5.75 Å². The molecule has 0 radical (unpaired) electrons. The molecule has 3 aromatic rings. The zero-order chi connectivity index (χ0) is 25.1. The van der Waals surface area contributed by atoms with Gasteiger partial charge in [-0.25, -0.2) is 0 Å². The highest BCUT2D eigenvalue weighted by Crippen LogP contribution is 2.36. The Labute approximate surface area is 219 Å². The minimum Gasteiger partial charge on any atom is -0.484 e. The Kier molecular flexibility index (Phi) is 7.60. The van der Waals surface area contributed by atoms with Gasteiger partial charge in [-0.1, -0.05) is 59.8 Å². The van der Waals surface area contributed by atoms with Gasteiger partial charge in [-0.3, -0.25) is 14.5 Å². The number of amides is 2. The first-order valence-electron chi connectivity index (χ1n) is 10.9. The summed E-state index contributed by atoms with van der Waals surface area (Å²) in [5.74, 6) is 0.119. The van der Waals surface area contributed by atoms with Crippen molar-refractivity contribution in [2.24, 2.45) is 0 Å². The smallest absolute Gasteiger partial charge is 0.270 e. The molecular formula is C27H23ClN2O3S2. The van der Waals surface area contributed by atoms with Crippen LogP contribution >= 0.6 is 35.6 Å². The van der Waals surface area contributed by atoms with E-state index in [1.54, 1.807) is 35.2 Å². The van der Waals surface area contributed by atoms with Gasteiger partial charge in [0.05, 0.1) is 10.6 Å². The fourth-order valence-corrected chi connectivity index (χ4v) is 4.90. The van der Waals surface area contributed by atoms with Crippen LogP contribution in [-0.4, -0.2) is 22.7 Å². The highest BCUT2D eigenvalue weighted by molar-refractivity contribution is 8.27. The summed E-state index contributed by atoms with van der Waals surface area (Å²) in [6.07, 6.45) is 1.80. The van der Waals surface area contributed by atoms with E-state index in [4.69, 9.17) is 28.6 Å². The summed E-state index contributed by atoms with van der Waals surface area (Å²) in [6.45, 7) is 5.79. The minimum absolute atomic E-state index is 0.139. The molecule has 1 heterocycles. The molecule has 0 atom stereocenters. The third-order valence-electron chi connectivity index (χ3n) is 5.56. The number of carbonyl (C=O) groups is 2. The number of nitrogens with one attached hydrogen (secondary N) is 1. The first kappa shape index (κ1) is 25.0. The van der Waals surface area contributed by atoms with Crippen molar-refractivity contribution in [1.82, 2.24) is 0 Å². The summed E-state index contributed by atoms with van der Waals surface area (Å²) in [4.78, 5) is 27.4. The minimum atomic E-state index is -0.283. The van der Waals surface area contributed by atoms with Crippen LogP contribution in [-0.2, 0) is 9.59 Å². The Balaban J connectivity index is 1.38. The maximum atomic E-state index is 13.0. The highest BCUT2D eigenvalue weighted by atomic mass is 35.5. The number of thiocarbonyl (C=S) groups is 1. The highest BCUT2D eigenvalue weighted by Gasteiger charge is 2.33. The van der Waals surface area contributed by atoms with E-state index in [0.29, 0.717) is 25.7 Å². The summed E-state index contributed by atoms with van der Waals surface area (Å²) in [6, 6.07) is 18.4. The molecule has 0 unspecified atom stereocenters. The Morgan fingerprint density at radius 3 is 2.46 bits per heavy atom. The molecule has 3 aromatic carbocycles. The predicted molar refractivity (Wildman–Crippen MR) is 148 cm³/mol. The van der Waals surface area contributed by atoms with Crippen LogP contribution in [0.5, 0.6) is 5.75 Å². The van der Waals surface area contributed by atoms with E-state index in [-0.39, 0.29) is 18.4 Å². The molecule has 0 bridgehead atoms. The second-order valence-corrected chi connectivity index (χ2v) is 10.3. The SMILES string of the molecule is Cc1ccc(N2C(=O)/C(=C/c3ccc(OCC(=O)Nc4cc(Cl)ccc4C)cc3)SC2=S)cc1C. The number of hydrogen-bond donors (Lipinski definition) is 1. The Bertz CT molecular complexity index is 1350. The maximum Gasteiger partial charge on any atom is 0.270 e. The zero-order valence-electron chi connectivity index (χ0n) is 19.4. The molecule has 1 aliphatic heterocycles. The van der Waals surface area contributed by atoms with E-state index in [1.165, 1.54) is 11.8 Å². The molecule has 1 N–H and O–H groups in total. The zero-order valence-corrected chi connectivity index (χ0v) is 21.8. The van der Waals surface area contributed by atoms with Gasteiger partial charge in [-0.15, -0.1) is 0 Å². The molecule has 0 aliphatic carbocycles. The van der Waals surface area contributed by atoms with Gasteiger partial charge in [0.25, 0.3) is 11.8 Å². The van der Waals surface area contributed by atoms with Crippen molar-refractivity contribution < 1.29 is 14.3 Å². The second kappa shape index (κ2) is 10.6. The van der Waals surface area contributed by atoms with Crippen molar-refractivity contribution >= 4 is 69.2 Å². The number of carbonyl (C=O) groups excluding carboxylic acids is 2. The van der Waals surface area contributed by atoms with Gasteiger partial charge < -0.3 is 10.1 Å². The van der Waals surface area contributed by atoms with Gasteiger partial charge in [0.1, 0.15) is 5.75 Å². The molecule has 4 rings (SSSR count). The van der Waals surface area contributed by atoms with Crippen molar-refractivity contribution in [1.29, 1.82) is 0 Å².